The molecule has 0 spiro atoms. The summed E-state index contributed by atoms with van der Waals surface area (Å²) in [5.74, 6) is -0.840. The Morgan fingerprint density at radius 2 is 0.675 bits per heavy atom. The number of hydrogen-bond acceptors (Lipinski definition) is 8. The summed E-state index contributed by atoms with van der Waals surface area (Å²) in [5, 5.41) is 0. The fourth-order valence-electron chi connectivity index (χ4n) is 8.60. The van der Waals surface area contributed by atoms with Gasteiger partial charge in [-0.3, -0.25) is 18.6 Å². The molecule has 0 saturated heterocycles. The van der Waals surface area contributed by atoms with Crippen LogP contribution in [0.25, 0.3) is 0 Å². The Hall–Kier alpha value is -3.33. The summed E-state index contributed by atoms with van der Waals surface area (Å²) < 4.78 is 33.1. The van der Waals surface area contributed by atoms with Crippen LogP contribution in [-0.4, -0.2) is 49.3 Å². The Labute approximate surface area is 473 Å². The lowest BCUT2D eigenvalue weighted by molar-refractivity contribution is -0.161. The zero-order valence-electron chi connectivity index (χ0n) is 49.4. The van der Waals surface area contributed by atoms with Gasteiger partial charge in [0.2, 0.25) is 0 Å². The van der Waals surface area contributed by atoms with Crippen LogP contribution in [0.4, 0.5) is 0 Å². The number of phosphoric acid groups is 1. The molecule has 0 amide bonds. The third-order valence-electron chi connectivity index (χ3n) is 13.2. The average Bonchev–Trinajstić information content (AvgIpc) is 3.42. The van der Waals surface area contributed by atoms with Crippen molar-refractivity contribution >= 4 is 19.8 Å². The van der Waals surface area contributed by atoms with Gasteiger partial charge in [0.25, 0.3) is 0 Å². The summed E-state index contributed by atoms with van der Waals surface area (Å²) in [6, 6.07) is 0. The van der Waals surface area contributed by atoms with E-state index in [0.29, 0.717) is 12.8 Å². The predicted octanol–water partition coefficient (Wildman–Crippen LogP) is 20.2. The number of ether oxygens (including phenoxy) is 2. The topological polar surface area (TPSA) is 134 Å². The molecule has 3 N–H and O–H groups in total. The Balaban J connectivity index is 3.87. The van der Waals surface area contributed by atoms with Crippen molar-refractivity contribution in [1.29, 1.82) is 0 Å². The number of phosphoric ester groups is 1. The second-order valence-corrected chi connectivity index (χ2v) is 22.0. The van der Waals surface area contributed by atoms with E-state index in [1.165, 1.54) is 116 Å². The van der Waals surface area contributed by atoms with Crippen molar-refractivity contribution in [3.63, 3.8) is 0 Å². The van der Waals surface area contributed by atoms with E-state index in [1.807, 2.05) is 0 Å². The van der Waals surface area contributed by atoms with Crippen LogP contribution in [0, 0.1) is 0 Å². The van der Waals surface area contributed by atoms with Gasteiger partial charge in [0.05, 0.1) is 13.2 Å². The van der Waals surface area contributed by atoms with E-state index >= 15 is 0 Å². The van der Waals surface area contributed by atoms with E-state index in [1.54, 1.807) is 0 Å². The summed E-state index contributed by atoms with van der Waals surface area (Å²) in [5.41, 5.74) is 5.39. The molecule has 77 heavy (non-hydrogen) atoms. The quantitative estimate of drug-likeness (QED) is 0.0264. The van der Waals surface area contributed by atoms with Gasteiger partial charge in [-0.25, -0.2) is 4.57 Å². The van der Waals surface area contributed by atoms with Gasteiger partial charge >= 0.3 is 19.8 Å². The first-order valence-corrected chi connectivity index (χ1v) is 32.9. The monoisotopic (exact) mass is 1090 g/mol. The molecule has 0 rings (SSSR count). The van der Waals surface area contributed by atoms with Gasteiger partial charge in [0, 0.05) is 19.4 Å². The van der Waals surface area contributed by atoms with Crippen molar-refractivity contribution in [2.24, 2.45) is 5.73 Å². The summed E-state index contributed by atoms with van der Waals surface area (Å²) >= 11 is 0. The van der Waals surface area contributed by atoms with Gasteiger partial charge in [-0.1, -0.05) is 271 Å². The van der Waals surface area contributed by atoms with E-state index in [0.717, 1.165) is 116 Å². The molecule has 2 atom stereocenters. The highest BCUT2D eigenvalue weighted by Gasteiger charge is 2.26. The number of esters is 2. The van der Waals surface area contributed by atoms with E-state index in [2.05, 4.69) is 123 Å². The molecule has 0 aliphatic heterocycles. The second kappa shape index (κ2) is 61.9. The molecule has 0 radical (unpaired) electrons. The Morgan fingerprint density at radius 1 is 0.390 bits per heavy atom. The largest absolute Gasteiger partial charge is 0.472 e. The molecule has 9 nitrogen and oxygen atoms in total. The van der Waals surface area contributed by atoms with Crippen LogP contribution >= 0.6 is 7.82 Å². The standard InChI is InChI=1S/C67H116NO8P/c1-3-5-7-9-11-13-15-17-19-21-23-24-25-26-27-28-29-30-31-32-33-34-35-36-37-38-39-40-42-44-46-48-50-52-54-56-58-60-67(70)76-65(64-75-77(71,72)74-62-61-68)63-73-66(69)59-57-55-53-51-49-47-45-43-41-22-20-18-16-14-12-10-8-6-4-2/h5-8,11-14,17-20,23-24,26-27,41,43,65H,3-4,9-10,15-16,21-22,25,28-40,42,44-64,68H2,1-2H3,(H,71,72)/b7-5-,8-6-,13-11-,14-12-,19-17-,20-18-,24-23-,27-26-,43-41-. The maximum absolute atomic E-state index is 12.7. The zero-order chi connectivity index (χ0) is 55.9. The molecule has 0 bridgehead atoms. The van der Waals surface area contributed by atoms with Crippen molar-refractivity contribution in [1.82, 2.24) is 0 Å². The molecule has 0 aliphatic rings. The van der Waals surface area contributed by atoms with Gasteiger partial charge in [-0.2, -0.15) is 0 Å². The predicted molar refractivity (Wildman–Crippen MR) is 330 cm³/mol. The maximum Gasteiger partial charge on any atom is 0.472 e. The minimum atomic E-state index is -4.40. The highest BCUT2D eigenvalue weighted by Crippen LogP contribution is 2.43. The first kappa shape index (κ1) is 73.7. The van der Waals surface area contributed by atoms with Crippen molar-refractivity contribution in [2.75, 3.05) is 26.4 Å². The minimum absolute atomic E-state index is 0.0480. The lowest BCUT2D eigenvalue weighted by atomic mass is 10.0. The van der Waals surface area contributed by atoms with Crippen molar-refractivity contribution in [3.8, 4) is 0 Å². The van der Waals surface area contributed by atoms with Gasteiger partial charge < -0.3 is 20.1 Å². The summed E-state index contributed by atoms with van der Waals surface area (Å²) in [4.78, 5) is 35.2. The van der Waals surface area contributed by atoms with Crippen LogP contribution < -0.4 is 5.73 Å². The number of nitrogens with two attached hydrogens (primary N) is 1. The normalized spacial score (nSPS) is 13.8. The number of carbonyl (C=O) groups is 2. The molecule has 0 fully saturated rings. The lowest BCUT2D eigenvalue weighted by Crippen LogP contribution is -2.29. The first-order valence-electron chi connectivity index (χ1n) is 31.4. The molecule has 0 heterocycles. The molecular weight excluding hydrogens is 978 g/mol. The van der Waals surface area contributed by atoms with Crippen LogP contribution in [0.15, 0.2) is 109 Å². The van der Waals surface area contributed by atoms with Gasteiger partial charge in [-0.05, 0) is 96.3 Å². The smallest absolute Gasteiger partial charge is 0.462 e. The molecule has 0 aromatic rings. The highest BCUT2D eigenvalue weighted by atomic mass is 31.2. The van der Waals surface area contributed by atoms with Gasteiger partial charge in [0.1, 0.15) is 6.61 Å². The van der Waals surface area contributed by atoms with Crippen LogP contribution in [-0.2, 0) is 32.7 Å². The summed E-state index contributed by atoms with van der Waals surface area (Å²) in [6.07, 6.45) is 84.5. The van der Waals surface area contributed by atoms with Crippen molar-refractivity contribution < 1.29 is 37.6 Å². The molecule has 2 unspecified atom stereocenters. The Morgan fingerprint density at radius 3 is 1.00 bits per heavy atom. The van der Waals surface area contributed by atoms with Crippen molar-refractivity contribution in [3.05, 3.63) is 109 Å². The lowest BCUT2D eigenvalue weighted by Gasteiger charge is -2.19. The van der Waals surface area contributed by atoms with Gasteiger partial charge in [0.15, 0.2) is 6.10 Å². The molecule has 0 aromatic heterocycles. The highest BCUT2D eigenvalue weighted by molar-refractivity contribution is 7.47. The van der Waals surface area contributed by atoms with E-state index < -0.39 is 32.5 Å². The summed E-state index contributed by atoms with van der Waals surface area (Å²) in [6.45, 7) is 3.51. The SMILES string of the molecule is CC/C=C\C/C=C\C/C=C\C/C=C\C/C=C\CCCCCCCCCCCCCCCCCCCCCCCC(=O)OC(COC(=O)CCCCCCCC/C=C\C/C=C\C/C=C\C/C=C\CC)COP(=O)(O)OCCN. The fourth-order valence-corrected chi connectivity index (χ4v) is 9.36. The van der Waals surface area contributed by atoms with Crippen LogP contribution in [0.3, 0.4) is 0 Å². The van der Waals surface area contributed by atoms with E-state index in [4.69, 9.17) is 24.3 Å². The first-order chi connectivity index (χ1) is 37.8. The molecule has 0 aliphatic carbocycles. The number of unbranched alkanes of at least 4 members (excludes halogenated alkanes) is 27. The van der Waals surface area contributed by atoms with E-state index in [-0.39, 0.29) is 32.6 Å². The third-order valence-corrected chi connectivity index (χ3v) is 14.1. The van der Waals surface area contributed by atoms with Crippen LogP contribution in [0.2, 0.25) is 0 Å². The summed E-state index contributed by atoms with van der Waals surface area (Å²) in [7, 11) is -4.40. The minimum Gasteiger partial charge on any atom is -0.462 e. The molecule has 10 heteroatoms. The molecule has 0 saturated carbocycles. The Kier molecular flexibility index (Phi) is 59.2. The maximum atomic E-state index is 12.7. The van der Waals surface area contributed by atoms with E-state index in [9.17, 15) is 19.0 Å². The Bertz CT molecular complexity index is 1630. The number of hydrogen-bond donors (Lipinski definition) is 2. The van der Waals surface area contributed by atoms with Crippen LogP contribution in [0.5, 0.6) is 0 Å². The number of carbonyl (C=O) groups excluding carboxylic acids is 2. The van der Waals surface area contributed by atoms with Crippen molar-refractivity contribution in [2.45, 2.75) is 277 Å². The third kappa shape index (κ3) is 61.7. The second-order valence-electron chi connectivity index (χ2n) is 20.5. The number of rotatable bonds is 58. The number of allylic oxidation sites excluding steroid dienone is 18. The molecule has 0 aromatic carbocycles. The fraction of sp³-hybridized carbons (Fsp3) is 0.701. The zero-order valence-corrected chi connectivity index (χ0v) is 50.3. The van der Waals surface area contributed by atoms with Gasteiger partial charge in [-0.15, -0.1) is 0 Å². The molecular formula is C67H116NO8P. The molecule has 442 valence electrons. The van der Waals surface area contributed by atoms with Crippen LogP contribution in [0.1, 0.15) is 271 Å². The average molecular weight is 1090 g/mol.